The van der Waals surface area contributed by atoms with E-state index in [1.54, 1.807) is 13.0 Å². The average molecular weight is 452 g/mol. The zero-order chi connectivity index (χ0) is 20.6. The van der Waals surface area contributed by atoms with Gasteiger partial charge >= 0.3 is 0 Å². The zero-order valence-corrected chi connectivity index (χ0v) is 18.1. The molecule has 0 bridgehead atoms. The molecule has 0 amide bonds. The third-order valence-electron chi connectivity index (χ3n) is 4.92. The van der Waals surface area contributed by atoms with Gasteiger partial charge < -0.3 is 10.4 Å². The lowest BCUT2D eigenvalue weighted by Gasteiger charge is -2.31. The van der Waals surface area contributed by atoms with Crippen LogP contribution in [0.4, 0.5) is 4.39 Å². The molecule has 0 atom stereocenters. The van der Waals surface area contributed by atoms with Gasteiger partial charge in [-0.05, 0) is 51.1 Å². The number of hydrogen-bond acceptors (Lipinski definition) is 7. The highest BCUT2D eigenvalue weighted by molar-refractivity contribution is 8.00. The summed E-state index contributed by atoms with van der Waals surface area (Å²) >= 11 is 8.54. The van der Waals surface area contributed by atoms with Crippen molar-refractivity contribution in [1.29, 1.82) is 0 Å². The highest BCUT2D eigenvalue weighted by Crippen LogP contribution is 2.36. The average Bonchev–Trinajstić information content (AvgIpc) is 3.19. The van der Waals surface area contributed by atoms with Gasteiger partial charge in [0.05, 0.1) is 21.2 Å². The SMILES string of the molecule is Cc1nc(SCC(=O)c2ccc(C3(O)CCNCC3)s2)c2cc(Cl)c(F)cc2n1. The van der Waals surface area contributed by atoms with Crippen molar-refractivity contribution in [3.8, 4) is 0 Å². The Labute approximate surface area is 180 Å². The molecule has 0 saturated carbocycles. The number of rotatable bonds is 5. The van der Waals surface area contributed by atoms with Crippen LogP contribution in [-0.2, 0) is 5.60 Å². The van der Waals surface area contributed by atoms with Gasteiger partial charge in [-0.25, -0.2) is 14.4 Å². The molecule has 29 heavy (non-hydrogen) atoms. The van der Waals surface area contributed by atoms with Crippen LogP contribution in [0.1, 0.15) is 33.2 Å². The Bertz CT molecular complexity index is 1080. The maximum absolute atomic E-state index is 13.8. The smallest absolute Gasteiger partial charge is 0.183 e. The predicted octanol–water partition coefficient (Wildman–Crippen LogP) is 4.34. The van der Waals surface area contributed by atoms with Crippen LogP contribution in [0.15, 0.2) is 29.3 Å². The van der Waals surface area contributed by atoms with E-state index in [1.165, 1.54) is 35.2 Å². The number of thiophene rings is 1. The van der Waals surface area contributed by atoms with Crippen LogP contribution < -0.4 is 5.32 Å². The fraction of sp³-hybridized carbons (Fsp3) is 0.350. The minimum atomic E-state index is -0.859. The van der Waals surface area contributed by atoms with Gasteiger partial charge in [0.15, 0.2) is 5.78 Å². The number of benzene rings is 1. The molecule has 0 aliphatic carbocycles. The number of Topliss-reactive ketones (excluding diaryl/α,β-unsaturated/α-hetero) is 1. The summed E-state index contributed by atoms with van der Waals surface area (Å²) in [5.74, 6) is 0.105. The van der Waals surface area contributed by atoms with Crippen LogP contribution in [0.3, 0.4) is 0 Å². The molecule has 1 saturated heterocycles. The number of ketones is 1. The number of nitrogens with one attached hydrogen (secondary N) is 1. The van der Waals surface area contributed by atoms with Crippen LogP contribution in [-0.4, -0.2) is 39.7 Å². The topological polar surface area (TPSA) is 75.1 Å². The second-order valence-electron chi connectivity index (χ2n) is 7.02. The minimum Gasteiger partial charge on any atom is -0.384 e. The molecule has 9 heteroatoms. The second-order valence-corrected chi connectivity index (χ2v) is 9.47. The van der Waals surface area contributed by atoms with E-state index in [4.69, 9.17) is 11.6 Å². The molecule has 0 unspecified atom stereocenters. The monoisotopic (exact) mass is 451 g/mol. The second kappa shape index (κ2) is 8.28. The fourth-order valence-electron chi connectivity index (χ4n) is 3.35. The molecule has 1 aliphatic heterocycles. The van der Waals surface area contributed by atoms with Gasteiger partial charge in [0.1, 0.15) is 22.3 Å². The first-order valence-corrected chi connectivity index (χ1v) is 11.4. The van der Waals surface area contributed by atoms with Crippen molar-refractivity contribution in [2.24, 2.45) is 0 Å². The summed E-state index contributed by atoms with van der Waals surface area (Å²) in [6.45, 7) is 3.25. The van der Waals surface area contributed by atoms with Crippen LogP contribution >= 0.6 is 34.7 Å². The Balaban J connectivity index is 1.52. The van der Waals surface area contributed by atoms with Crippen molar-refractivity contribution in [2.45, 2.75) is 30.4 Å². The largest absolute Gasteiger partial charge is 0.384 e. The highest BCUT2D eigenvalue weighted by Gasteiger charge is 2.33. The van der Waals surface area contributed by atoms with Gasteiger partial charge in [-0.15, -0.1) is 11.3 Å². The lowest BCUT2D eigenvalue weighted by Crippen LogP contribution is -2.39. The third-order valence-corrected chi connectivity index (χ3v) is 7.53. The van der Waals surface area contributed by atoms with E-state index in [2.05, 4.69) is 15.3 Å². The number of aromatic nitrogens is 2. The number of fused-ring (bicyclic) bond motifs is 1. The van der Waals surface area contributed by atoms with E-state index in [-0.39, 0.29) is 16.6 Å². The van der Waals surface area contributed by atoms with Crippen LogP contribution in [0.5, 0.6) is 0 Å². The van der Waals surface area contributed by atoms with Crippen LogP contribution in [0.25, 0.3) is 10.9 Å². The summed E-state index contributed by atoms with van der Waals surface area (Å²) in [5.41, 5.74) is -0.400. The van der Waals surface area contributed by atoms with Crippen molar-refractivity contribution in [2.75, 3.05) is 18.8 Å². The van der Waals surface area contributed by atoms with Crippen molar-refractivity contribution < 1.29 is 14.3 Å². The molecule has 1 aromatic carbocycles. The van der Waals surface area contributed by atoms with E-state index in [1.807, 2.05) is 6.07 Å². The summed E-state index contributed by atoms with van der Waals surface area (Å²) < 4.78 is 13.8. The Morgan fingerprint density at radius 1 is 1.34 bits per heavy atom. The fourth-order valence-corrected chi connectivity index (χ4v) is 5.63. The quantitative estimate of drug-likeness (QED) is 0.341. The maximum atomic E-state index is 13.8. The van der Waals surface area contributed by atoms with E-state index in [0.29, 0.717) is 39.5 Å². The molecule has 3 heterocycles. The molecule has 0 radical (unpaired) electrons. The number of halogens is 2. The first kappa shape index (κ1) is 20.7. The van der Waals surface area contributed by atoms with Crippen molar-refractivity contribution >= 4 is 51.4 Å². The number of carbonyl (C=O) groups excluding carboxylic acids is 1. The minimum absolute atomic E-state index is 0.00348. The molecule has 5 nitrogen and oxygen atoms in total. The highest BCUT2D eigenvalue weighted by atomic mass is 35.5. The molecular formula is C20H19ClFN3O2S2. The Morgan fingerprint density at radius 3 is 2.86 bits per heavy atom. The van der Waals surface area contributed by atoms with Crippen LogP contribution in [0.2, 0.25) is 5.02 Å². The summed E-state index contributed by atoms with van der Waals surface area (Å²) in [7, 11) is 0. The maximum Gasteiger partial charge on any atom is 0.183 e. The summed E-state index contributed by atoms with van der Waals surface area (Å²) in [6.07, 6.45) is 1.28. The normalized spacial score (nSPS) is 16.3. The first-order chi connectivity index (χ1) is 13.9. The number of thioether (sulfide) groups is 1. The number of aryl methyl sites for hydroxylation is 1. The Morgan fingerprint density at radius 2 is 2.10 bits per heavy atom. The lowest BCUT2D eigenvalue weighted by atomic mass is 9.91. The van der Waals surface area contributed by atoms with E-state index < -0.39 is 11.4 Å². The van der Waals surface area contributed by atoms with E-state index in [9.17, 15) is 14.3 Å². The molecule has 4 rings (SSSR count). The van der Waals surface area contributed by atoms with Gasteiger partial charge in [-0.1, -0.05) is 23.4 Å². The van der Waals surface area contributed by atoms with Gasteiger partial charge in [-0.3, -0.25) is 4.79 Å². The van der Waals surface area contributed by atoms with Crippen molar-refractivity contribution in [3.63, 3.8) is 0 Å². The number of aliphatic hydroxyl groups is 1. The molecule has 0 spiro atoms. The van der Waals surface area contributed by atoms with E-state index >= 15 is 0 Å². The lowest BCUT2D eigenvalue weighted by molar-refractivity contribution is 0.00944. The molecular weight excluding hydrogens is 433 g/mol. The van der Waals surface area contributed by atoms with E-state index in [0.717, 1.165) is 18.0 Å². The third kappa shape index (κ3) is 4.32. The summed E-state index contributed by atoms with van der Waals surface area (Å²) in [5, 5.41) is 15.3. The van der Waals surface area contributed by atoms with Crippen molar-refractivity contribution in [1.82, 2.24) is 15.3 Å². The summed E-state index contributed by atoms with van der Waals surface area (Å²) in [6, 6.07) is 6.40. The molecule has 3 aromatic rings. The molecule has 2 N–H and O–H groups in total. The molecule has 1 aliphatic rings. The number of carbonyl (C=O) groups is 1. The van der Waals surface area contributed by atoms with Gasteiger partial charge in [-0.2, -0.15) is 0 Å². The zero-order valence-electron chi connectivity index (χ0n) is 15.7. The predicted molar refractivity (Wildman–Crippen MR) is 115 cm³/mol. The molecule has 152 valence electrons. The molecule has 2 aromatic heterocycles. The van der Waals surface area contributed by atoms with Gasteiger partial charge in [0.25, 0.3) is 0 Å². The Hall–Kier alpha value is -1.58. The van der Waals surface area contributed by atoms with Crippen molar-refractivity contribution in [3.05, 3.63) is 50.7 Å². The Kier molecular flexibility index (Phi) is 5.90. The standard InChI is InChI=1S/C20H19ClFN3O2S2/c1-11-24-15-9-14(22)13(21)8-12(15)19(25-11)28-10-16(26)17-2-3-18(29-17)20(27)4-6-23-7-5-20/h2-3,8-9,23,27H,4-7,10H2,1H3. The number of hydrogen-bond donors (Lipinski definition) is 2. The number of nitrogens with zero attached hydrogens (tertiary/aromatic N) is 2. The summed E-state index contributed by atoms with van der Waals surface area (Å²) in [4.78, 5) is 22.8. The molecule has 1 fully saturated rings. The number of piperidine rings is 1. The van der Waals surface area contributed by atoms with Crippen LogP contribution in [0, 0.1) is 12.7 Å². The van der Waals surface area contributed by atoms with Gasteiger partial charge in [0, 0.05) is 16.3 Å². The first-order valence-electron chi connectivity index (χ1n) is 9.18. The van der Waals surface area contributed by atoms with Gasteiger partial charge in [0.2, 0.25) is 0 Å².